The van der Waals surface area contributed by atoms with Crippen molar-refractivity contribution in [3.05, 3.63) is 59.2 Å². The summed E-state index contributed by atoms with van der Waals surface area (Å²) >= 11 is 0. The minimum Gasteiger partial charge on any atom is -0.465 e. The van der Waals surface area contributed by atoms with Gasteiger partial charge < -0.3 is 20.7 Å². The smallest absolute Gasteiger partial charge is 0.337 e. The standard InChI is InChI=1S/C20H22N6O2/c1-12-8-13(2)10-16(9-12)23-20-25-18(21-3)24-19(26-20)22-15-7-5-6-14(11-15)17(27)28-4/h5-11H,1-4H3,(H3,21,22,23,24,25,26). The highest BCUT2D eigenvalue weighted by Gasteiger charge is 2.09. The van der Waals surface area contributed by atoms with Gasteiger partial charge in [-0.3, -0.25) is 0 Å². The van der Waals surface area contributed by atoms with Crippen molar-refractivity contribution in [1.29, 1.82) is 0 Å². The largest absolute Gasteiger partial charge is 0.465 e. The van der Waals surface area contributed by atoms with Gasteiger partial charge >= 0.3 is 5.97 Å². The minimum atomic E-state index is -0.410. The molecule has 0 unspecified atom stereocenters. The Bertz CT molecular complexity index is 985. The molecule has 0 saturated carbocycles. The number of rotatable bonds is 6. The van der Waals surface area contributed by atoms with E-state index in [9.17, 15) is 4.79 Å². The number of nitrogens with zero attached hydrogens (tertiary/aromatic N) is 3. The van der Waals surface area contributed by atoms with Crippen LogP contribution in [0.15, 0.2) is 42.5 Å². The monoisotopic (exact) mass is 378 g/mol. The number of esters is 1. The normalized spacial score (nSPS) is 10.3. The number of benzene rings is 2. The fourth-order valence-corrected chi connectivity index (χ4v) is 2.75. The van der Waals surface area contributed by atoms with E-state index in [1.54, 1.807) is 25.2 Å². The van der Waals surface area contributed by atoms with Gasteiger partial charge in [0.05, 0.1) is 12.7 Å². The van der Waals surface area contributed by atoms with Crippen molar-refractivity contribution in [3.8, 4) is 0 Å². The quantitative estimate of drug-likeness (QED) is 0.557. The highest BCUT2D eigenvalue weighted by atomic mass is 16.5. The van der Waals surface area contributed by atoms with E-state index in [0.717, 1.165) is 16.8 Å². The molecule has 0 aliphatic rings. The lowest BCUT2D eigenvalue weighted by Crippen LogP contribution is -2.08. The molecule has 8 heteroatoms. The van der Waals surface area contributed by atoms with Gasteiger partial charge in [-0.1, -0.05) is 12.1 Å². The second kappa shape index (κ2) is 8.34. The number of carbonyl (C=O) groups excluding carboxylic acids is 1. The molecule has 3 aromatic rings. The van der Waals surface area contributed by atoms with Crippen LogP contribution in [0.25, 0.3) is 0 Å². The van der Waals surface area contributed by atoms with E-state index >= 15 is 0 Å². The third-order valence-corrected chi connectivity index (χ3v) is 3.88. The van der Waals surface area contributed by atoms with Gasteiger partial charge in [0, 0.05) is 18.4 Å². The van der Waals surface area contributed by atoms with Gasteiger partial charge in [0.2, 0.25) is 17.8 Å². The molecule has 8 nitrogen and oxygen atoms in total. The SMILES string of the molecule is CNc1nc(Nc2cc(C)cc(C)c2)nc(Nc2cccc(C(=O)OC)c2)n1. The van der Waals surface area contributed by atoms with Gasteiger partial charge in [0.15, 0.2) is 0 Å². The zero-order valence-electron chi connectivity index (χ0n) is 16.2. The van der Waals surface area contributed by atoms with E-state index in [1.165, 1.54) is 7.11 Å². The first-order chi connectivity index (χ1) is 13.5. The lowest BCUT2D eigenvalue weighted by atomic mass is 10.1. The molecular formula is C20H22N6O2. The van der Waals surface area contributed by atoms with E-state index < -0.39 is 5.97 Å². The Morgan fingerprint density at radius 3 is 2.07 bits per heavy atom. The number of anilines is 5. The van der Waals surface area contributed by atoms with Crippen LogP contribution in [-0.2, 0) is 4.74 Å². The number of aryl methyl sites for hydroxylation is 2. The summed E-state index contributed by atoms with van der Waals surface area (Å²) in [6.07, 6.45) is 0. The maximum absolute atomic E-state index is 11.7. The van der Waals surface area contributed by atoms with Crippen molar-refractivity contribution in [3.63, 3.8) is 0 Å². The van der Waals surface area contributed by atoms with Crippen molar-refractivity contribution in [1.82, 2.24) is 15.0 Å². The zero-order chi connectivity index (χ0) is 20.1. The molecule has 0 spiro atoms. The van der Waals surface area contributed by atoms with Crippen molar-refractivity contribution < 1.29 is 9.53 Å². The van der Waals surface area contributed by atoms with Gasteiger partial charge in [0.1, 0.15) is 0 Å². The zero-order valence-corrected chi connectivity index (χ0v) is 16.2. The molecule has 1 aromatic heterocycles. The molecule has 2 aromatic carbocycles. The summed E-state index contributed by atoms with van der Waals surface area (Å²) in [7, 11) is 3.08. The summed E-state index contributed by atoms with van der Waals surface area (Å²) in [5.74, 6) is 0.741. The molecule has 1 heterocycles. The van der Waals surface area contributed by atoms with Crippen LogP contribution in [0.5, 0.6) is 0 Å². The molecule has 0 bridgehead atoms. The van der Waals surface area contributed by atoms with Crippen molar-refractivity contribution in [2.75, 3.05) is 30.1 Å². The van der Waals surface area contributed by atoms with Gasteiger partial charge in [-0.15, -0.1) is 0 Å². The Morgan fingerprint density at radius 2 is 1.46 bits per heavy atom. The summed E-state index contributed by atoms with van der Waals surface area (Å²) in [5.41, 5.74) is 4.27. The number of hydrogen-bond donors (Lipinski definition) is 3. The lowest BCUT2D eigenvalue weighted by Gasteiger charge is -2.11. The Labute approximate surface area is 163 Å². The summed E-state index contributed by atoms with van der Waals surface area (Å²) in [4.78, 5) is 24.8. The molecule has 0 atom stereocenters. The number of aromatic nitrogens is 3. The fraction of sp³-hybridized carbons (Fsp3) is 0.200. The number of hydrogen-bond acceptors (Lipinski definition) is 8. The molecule has 144 valence electrons. The maximum atomic E-state index is 11.7. The molecule has 0 aliphatic heterocycles. The molecule has 0 fully saturated rings. The van der Waals surface area contributed by atoms with E-state index in [0.29, 0.717) is 29.1 Å². The second-order valence-corrected chi connectivity index (χ2v) is 6.26. The van der Waals surface area contributed by atoms with E-state index in [4.69, 9.17) is 4.74 Å². The van der Waals surface area contributed by atoms with Crippen molar-refractivity contribution >= 4 is 35.2 Å². The van der Waals surface area contributed by atoms with Crippen molar-refractivity contribution in [2.45, 2.75) is 13.8 Å². The fourth-order valence-electron chi connectivity index (χ4n) is 2.75. The molecule has 0 radical (unpaired) electrons. The summed E-state index contributed by atoms with van der Waals surface area (Å²) in [6, 6.07) is 13.0. The first-order valence-electron chi connectivity index (χ1n) is 8.71. The van der Waals surface area contributed by atoms with Crippen LogP contribution in [0.3, 0.4) is 0 Å². The van der Waals surface area contributed by atoms with Crippen molar-refractivity contribution in [2.24, 2.45) is 0 Å². The highest BCUT2D eigenvalue weighted by Crippen LogP contribution is 2.21. The average molecular weight is 378 g/mol. The number of methoxy groups -OCH3 is 1. The summed E-state index contributed by atoms with van der Waals surface area (Å²) in [5, 5.41) is 9.23. The lowest BCUT2D eigenvalue weighted by molar-refractivity contribution is 0.0601. The van der Waals surface area contributed by atoms with E-state index in [1.807, 2.05) is 32.0 Å². The molecule has 0 amide bonds. The molecule has 3 N–H and O–H groups in total. The van der Waals surface area contributed by atoms with Crippen LogP contribution in [0, 0.1) is 13.8 Å². The van der Waals surface area contributed by atoms with Crippen LogP contribution in [-0.4, -0.2) is 35.1 Å². The third kappa shape index (κ3) is 4.73. The van der Waals surface area contributed by atoms with Gasteiger partial charge in [-0.05, 0) is 55.3 Å². The number of ether oxygens (including phenoxy) is 1. The summed E-state index contributed by atoms with van der Waals surface area (Å²) < 4.78 is 4.75. The predicted octanol–water partition coefficient (Wildman–Crippen LogP) is 3.80. The van der Waals surface area contributed by atoms with E-state index in [-0.39, 0.29) is 0 Å². The highest BCUT2D eigenvalue weighted by molar-refractivity contribution is 5.90. The van der Waals surface area contributed by atoms with Crippen LogP contribution >= 0.6 is 0 Å². The Morgan fingerprint density at radius 1 is 0.857 bits per heavy atom. The molecule has 0 aliphatic carbocycles. The summed E-state index contributed by atoms with van der Waals surface area (Å²) in [6.45, 7) is 4.07. The molecule has 28 heavy (non-hydrogen) atoms. The molecule has 3 rings (SSSR count). The first-order valence-corrected chi connectivity index (χ1v) is 8.71. The van der Waals surface area contributed by atoms with Crippen LogP contribution in [0.2, 0.25) is 0 Å². The molecular weight excluding hydrogens is 356 g/mol. The molecule has 0 saturated heterocycles. The number of carbonyl (C=O) groups is 1. The van der Waals surface area contributed by atoms with Gasteiger partial charge in [-0.2, -0.15) is 15.0 Å². The first kappa shape index (κ1) is 19.1. The van der Waals surface area contributed by atoms with Gasteiger partial charge in [0.25, 0.3) is 0 Å². The van der Waals surface area contributed by atoms with Crippen LogP contribution < -0.4 is 16.0 Å². The third-order valence-electron chi connectivity index (χ3n) is 3.88. The van der Waals surface area contributed by atoms with E-state index in [2.05, 4.69) is 37.0 Å². The van der Waals surface area contributed by atoms with Crippen LogP contribution in [0.4, 0.5) is 29.2 Å². The Kier molecular flexibility index (Phi) is 5.69. The average Bonchev–Trinajstić information content (AvgIpc) is 2.66. The van der Waals surface area contributed by atoms with Gasteiger partial charge in [-0.25, -0.2) is 4.79 Å². The minimum absolute atomic E-state index is 0.341. The predicted molar refractivity (Wildman–Crippen MR) is 110 cm³/mol. The Hall–Kier alpha value is -3.68. The maximum Gasteiger partial charge on any atom is 0.337 e. The topological polar surface area (TPSA) is 101 Å². The Balaban J connectivity index is 1.88. The second-order valence-electron chi connectivity index (χ2n) is 6.26. The number of nitrogens with one attached hydrogen (secondary N) is 3. The van der Waals surface area contributed by atoms with Crippen LogP contribution in [0.1, 0.15) is 21.5 Å².